The molecule has 0 unspecified atom stereocenters. The predicted molar refractivity (Wildman–Crippen MR) is 51.9 cm³/mol. The highest BCUT2D eigenvalue weighted by Gasteiger charge is 2.22. The van der Waals surface area contributed by atoms with Gasteiger partial charge in [0.1, 0.15) is 0 Å². The molecule has 3 N–H and O–H groups in total. The lowest BCUT2D eigenvalue weighted by molar-refractivity contribution is -0.120. The molecule has 1 rings (SSSR count). The van der Waals surface area contributed by atoms with Crippen LogP contribution < -0.4 is 10.6 Å². The van der Waals surface area contributed by atoms with Crippen molar-refractivity contribution in [1.29, 1.82) is 0 Å². The molecule has 82 valence electrons. The van der Waals surface area contributed by atoms with Gasteiger partial charge in [-0.3, -0.25) is 4.79 Å². The average molecular weight is 202 g/mol. The van der Waals surface area contributed by atoms with E-state index in [4.69, 9.17) is 9.84 Å². The summed E-state index contributed by atoms with van der Waals surface area (Å²) in [7, 11) is 0. The highest BCUT2D eigenvalue weighted by atomic mass is 16.5. The molecule has 0 bridgehead atoms. The molecule has 0 aromatic heterocycles. The number of hydrogen-bond acceptors (Lipinski definition) is 4. The number of carbonyl (C=O) groups is 1. The molecule has 5 nitrogen and oxygen atoms in total. The molecule has 0 aliphatic heterocycles. The van der Waals surface area contributed by atoms with Gasteiger partial charge < -0.3 is 20.5 Å². The van der Waals surface area contributed by atoms with E-state index in [0.717, 1.165) is 12.8 Å². The molecule has 0 aromatic rings. The minimum absolute atomic E-state index is 0.0438. The molecule has 0 atom stereocenters. The average Bonchev–Trinajstić information content (AvgIpc) is 2.95. The van der Waals surface area contributed by atoms with Gasteiger partial charge in [-0.2, -0.15) is 0 Å². The van der Waals surface area contributed by atoms with Gasteiger partial charge in [-0.15, -0.1) is 0 Å². The zero-order chi connectivity index (χ0) is 10.2. The first-order chi connectivity index (χ1) is 6.83. The predicted octanol–water partition coefficient (Wildman–Crippen LogP) is -1.14. The summed E-state index contributed by atoms with van der Waals surface area (Å²) >= 11 is 0. The first-order valence-electron chi connectivity index (χ1n) is 5.01. The molecule has 1 aliphatic carbocycles. The first kappa shape index (κ1) is 11.4. The normalized spacial score (nSPS) is 15.5. The van der Waals surface area contributed by atoms with Crippen molar-refractivity contribution in [1.82, 2.24) is 10.6 Å². The monoisotopic (exact) mass is 202 g/mol. The van der Waals surface area contributed by atoms with E-state index in [0.29, 0.717) is 32.3 Å². The van der Waals surface area contributed by atoms with Crippen LogP contribution in [0.4, 0.5) is 0 Å². The Morgan fingerprint density at radius 1 is 1.43 bits per heavy atom. The van der Waals surface area contributed by atoms with Crippen LogP contribution in [0.2, 0.25) is 0 Å². The SMILES string of the molecule is O=C(CNCCOCCO)NC1CC1. The van der Waals surface area contributed by atoms with Crippen LogP contribution in [0.1, 0.15) is 12.8 Å². The minimum atomic E-state index is 0.0438. The minimum Gasteiger partial charge on any atom is -0.394 e. The molecule has 0 saturated heterocycles. The maximum Gasteiger partial charge on any atom is 0.234 e. The van der Waals surface area contributed by atoms with Crippen molar-refractivity contribution in [2.75, 3.05) is 32.9 Å². The Kier molecular flexibility index (Phi) is 5.51. The van der Waals surface area contributed by atoms with Crippen molar-refractivity contribution in [3.63, 3.8) is 0 Å². The molecule has 0 spiro atoms. The Morgan fingerprint density at radius 2 is 2.21 bits per heavy atom. The zero-order valence-corrected chi connectivity index (χ0v) is 8.29. The maximum absolute atomic E-state index is 11.1. The number of ether oxygens (including phenoxy) is 1. The number of carbonyl (C=O) groups excluding carboxylic acids is 1. The Bertz CT molecular complexity index is 171. The molecule has 1 fully saturated rings. The van der Waals surface area contributed by atoms with E-state index in [1.54, 1.807) is 0 Å². The van der Waals surface area contributed by atoms with Crippen molar-refractivity contribution in [3.05, 3.63) is 0 Å². The number of rotatable bonds is 8. The van der Waals surface area contributed by atoms with E-state index in [1.165, 1.54) is 0 Å². The number of aliphatic hydroxyl groups excluding tert-OH is 1. The van der Waals surface area contributed by atoms with E-state index in [9.17, 15) is 4.79 Å². The Hall–Kier alpha value is -0.650. The van der Waals surface area contributed by atoms with E-state index in [2.05, 4.69) is 10.6 Å². The number of nitrogens with one attached hydrogen (secondary N) is 2. The zero-order valence-electron chi connectivity index (χ0n) is 8.29. The van der Waals surface area contributed by atoms with Crippen LogP contribution in [0.15, 0.2) is 0 Å². The summed E-state index contributed by atoms with van der Waals surface area (Å²) in [4.78, 5) is 11.1. The molecule has 1 amide bonds. The van der Waals surface area contributed by atoms with Crippen LogP contribution in [0.25, 0.3) is 0 Å². The van der Waals surface area contributed by atoms with Gasteiger partial charge in [-0.1, -0.05) is 0 Å². The summed E-state index contributed by atoms with van der Waals surface area (Å²) in [5.41, 5.74) is 0. The third kappa shape index (κ3) is 5.90. The molecular weight excluding hydrogens is 184 g/mol. The highest BCUT2D eigenvalue weighted by molar-refractivity contribution is 5.78. The number of hydrogen-bond donors (Lipinski definition) is 3. The summed E-state index contributed by atoms with van der Waals surface area (Å²) in [5.74, 6) is 0.0506. The summed E-state index contributed by atoms with van der Waals surface area (Å²) in [6.45, 7) is 1.91. The topological polar surface area (TPSA) is 70.6 Å². The van der Waals surface area contributed by atoms with Crippen LogP contribution in [0, 0.1) is 0 Å². The summed E-state index contributed by atoms with van der Waals surface area (Å²) in [6, 6.07) is 0.426. The fourth-order valence-electron chi connectivity index (χ4n) is 1.02. The van der Waals surface area contributed by atoms with Gasteiger partial charge in [0.05, 0.1) is 26.4 Å². The Morgan fingerprint density at radius 3 is 2.86 bits per heavy atom. The smallest absolute Gasteiger partial charge is 0.234 e. The van der Waals surface area contributed by atoms with Gasteiger partial charge >= 0.3 is 0 Å². The van der Waals surface area contributed by atoms with Gasteiger partial charge in [0, 0.05) is 12.6 Å². The fourth-order valence-corrected chi connectivity index (χ4v) is 1.02. The molecule has 0 aromatic carbocycles. The Labute approximate surface area is 83.8 Å². The van der Waals surface area contributed by atoms with Crippen LogP contribution >= 0.6 is 0 Å². The van der Waals surface area contributed by atoms with Gasteiger partial charge in [0.2, 0.25) is 5.91 Å². The second-order valence-corrected chi connectivity index (χ2v) is 3.35. The third-order valence-electron chi connectivity index (χ3n) is 1.89. The fraction of sp³-hybridized carbons (Fsp3) is 0.889. The van der Waals surface area contributed by atoms with Crippen molar-refractivity contribution in [3.8, 4) is 0 Å². The van der Waals surface area contributed by atoms with Crippen LogP contribution in [0.5, 0.6) is 0 Å². The number of aliphatic hydroxyl groups is 1. The highest BCUT2D eigenvalue weighted by Crippen LogP contribution is 2.17. The molecule has 5 heteroatoms. The van der Waals surface area contributed by atoms with Crippen molar-refractivity contribution < 1.29 is 14.6 Å². The van der Waals surface area contributed by atoms with Gasteiger partial charge in [0.25, 0.3) is 0 Å². The van der Waals surface area contributed by atoms with Gasteiger partial charge in [0.15, 0.2) is 0 Å². The lowest BCUT2D eigenvalue weighted by atomic mass is 10.5. The Balaban J connectivity index is 1.80. The lowest BCUT2D eigenvalue weighted by Crippen LogP contribution is -2.36. The quantitative estimate of drug-likeness (QED) is 0.435. The van der Waals surface area contributed by atoms with E-state index >= 15 is 0 Å². The molecule has 14 heavy (non-hydrogen) atoms. The first-order valence-corrected chi connectivity index (χ1v) is 5.01. The molecule has 0 heterocycles. The number of amides is 1. The summed E-state index contributed by atoms with van der Waals surface area (Å²) < 4.78 is 5.01. The second kappa shape index (κ2) is 6.75. The van der Waals surface area contributed by atoms with Crippen molar-refractivity contribution >= 4 is 5.91 Å². The molecule has 0 radical (unpaired) electrons. The molecule has 1 aliphatic rings. The van der Waals surface area contributed by atoms with Crippen molar-refractivity contribution in [2.45, 2.75) is 18.9 Å². The molecule has 1 saturated carbocycles. The van der Waals surface area contributed by atoms with Crippen LogP contribution in [0.3, 0.4) is 0 Å². The van der Waals surface area contributed by atoms with E-state index < -0.39 is 0 Å². The van der Waals surface area contributed by atoms with Crippen LogP contribution in [-0.2, 0) is 9.53 Å². The van der Waals surface area contributed by atoms with Crippen molar-refractivity contribution in [2.24, 2.45) is 0 Å². The standard InChI is InChI=1S/C9H18N2O3/c12-4-6-14-5-3-10-7-9(13)11-8-1-2-8/h8,10,12H,1-7H2,(H,11,13). The summed E-state index contributed by atoms with van der Waals surface area (Å²) in [6.07, 6.45) is 2.23. The van der Waals surface area contributed by atoms with Crippen LogP contribution in [-0.4, -0.2) is 50.0 Å². The third-order valence-corrected chi connectivity index (χ3v) is 1.89. The summed E-state index contributed by atoms with van der Waals surface area (Å²) in [5, 5.41) is 14.2. The van der Waals surface area contributed by atoms with Gasteiger partial charge in [-0.25, -0.2) is 0 Å². The largest absolute Gasteiger partial charge is 0.394 e. The second-order valence-electron chi connectivity index (χ2n) is 3.35. The lowest BCUT2D eigenvalue weighted by Gasteiger charge is -2.05. The van der Waals surface area contributed by atoms with Gasteiger partial charge in [-0.05, 0) is 12.8 Å². The maximum atomic E-state index is 11.1. The van der Waals surface area contributed by atoms with E-state index in [1.807, 2.05) is 0 Å². The van der Waals surface area contributed by atoms with E-state index in [-0.39, 0.29) is 12.5 Å². The molecular formula is C9H18N2O3.